The lowest BCUT2D eigenvalue weighted by molar-refractivity contribution is 0.0298. The van der Waals surface area contributed by atoms with Gasteiger partial charge in [-0.1, -0.05) is 0 Å². The van der Waals surface area contributed by atoms with Gasteiger partial charge in [-0.05, 0) is 55.9 Å². The molecule has 0 spiro atoms. The third-order valence-corrected chi connectivity index (χ3v) is 5.29. The number of rotatable bonds is 5. The Morgan fingerprint density at radius 3 is 2.85 bits per heavy atom. The predicted molar refractivity (Wildman–Crippen MR) is 104 cm³/mol. The summed E-state index contributed by atoms with van der Waals surface area (Å²) in [6.07, 6.45) is 5.57. The minimum atomic E-state index is -0.213. The molecular weight excluding hydrogens is 352 g/mol. The second-order valence-corrected chi connectivity index (χ2v) is 6.99. The molecular formula is C20H27ClN2O3. The van der Waals surface area contributed by atoms with Gasteiger partial charge in [-0.2, -0.15) is 0 Å². The first-order valence-corrected chi connectivity index (χ1v) is 9.42. The van der Waals surface area contributed by atoms with E-state index < -0.39 is 0 Å². The van der Waals surface area contributed by atoms with Crippen molar-refractivity contribution in [1.82, 2.24) is 9.88 Å². The molecule has 1 aromatic heterocycles. The van der Waals surface area contributed by atoms with E-state index in [0.717, 1.165) is 57.6 Å². The van der Waals surface area contributed by atoms with E-state index in [-0.39, 0.29) is 18.4 Å². The number of aromatic amines is 1. The highest BCUT2D eigenvalue weighted by molar-refractivity contribution is 5.96. The fraction of sp³-hybridized carbons (Fsp3) is 0.550. The van der Waals surface area contributed by atoms with Crippen LogP contribution in [-0.2, 0) is 22.3 Å². The van der Waals surface area contributed by atoms with Gasteiger partial charge in [-0.15, -0.1) is 12.4 Å². The van der Waals surface area contributed by atoms with Crippen LogP contribution in [0.2, 0.25) is 0 Å². The summed E-state index contributed by atoms with van der Waals surface area (Å²) in [5.74, 6) is -0.213. The summed E-state index contributed by atoms with van der Waals surface area (Å²) in [6, 6.07) is 5.88. The number of morpholine rings is 1. The molecule has 4 rings (SSSR count). The van der Waals surface area contributed by atoms with E-state index in [1.54, 1.807) is 0 Å². The van der Waals surface area contributed by atoms with Crippen LogP contribution in [0.5, 0.6) is 0 Å². The molecule has 0 saturated carbocycles. The van der Waals surface area contributed by atoms with Gasteiger partial charge in [0, 0.05) is 36.2 Å². The van der Waals surface area contributed by atoms with E-state index in [2.05, 4.69) is 9.88 Å². The molecule has 26 heavy (non-hydrogen) atoms. The number of aromatic nitrogens is 1. The first-order valence-electron chi connectivity index (χ1n) is 9.42. The van der Waals surface area contributed by atoms with E-state index >= 15 is 0 Å². The number of hydrogen-bond donors (Lipinski definition) is 1. The number of halogens is 1. The van der Waals surface area contributed by atoms with Gasteiger partial charge < -0.3 is 14.5 Å². The molecule has 2 aromatic rings. The normalized spacial score (nSPS) is 17.5. The van der Waals surface area contributed by atoms with Crippen LogP contribution in [-0.4, -0.2) is 55.3 Å². The number of ether oxygens (including phenoxy) is 2. The summed E-state index contributed by atoms with van der Waals surface area (Å²) in [5.41, 5.74) is 4.53. The van der Waals surface area contributed by atoms with Gasteiger partial charge >= 0.3 is 5.97 Å². The van der Waals surface area contributed by atoms with Crippen LogP contribution in [0.1, 0.15) is 40.9 Å². The van der Waals surface area contributed by atoms with Gasteiger partial charge in [0.15, 0.2) is 0 Å². The number of benzene rings is 1. The fourth-order valence-corrected chi connectivity index (χ4v) is 3.89. The molecule has 2 aliphatic rings. The minimum absolute atomic E-state index is 0. The lowest BCUT2D eigenvalue weighted by Gasteiger charge is -2.26. The maximum absolute atomic E-state index is 12.4. The van der Waals surface area contributed by atoms with Gasteiger partial charge in [0.25, 0.3) is 0 Å². The van der Waals surface area contributed by atoms with E-state index in [1.807, 2.05) is 18.2 Å². The highest BCUT2D eigenvalue weighted by atomic mass is 35.5. The molecule has 0 radical (unpaired) electrons. The molecule has 0 atom stereocenters. The zero-order valence-corrected chi connectivity index (χ0v) is 15.9. The number of nitrogens with one attached hydrogen (secondary N) is 1. The average Bonchev–Trinajstić information content (AvgIpc) is 3.04. The standard InChI is InChI=1S/C20H26N2O3.ClH/c23-20(25-11-3-8-22-9-12-24-13-10-22)15-6-7-19-17(14-15)16-4-1-2-5-18(16)21-19;/h6-7,14,21H,1-5,8-13H2;1H. The molecule has 1 aliphatic carbocycles. The Morgan fingerprint density at radius 2 is 2.00 bits per heavy atom. The maximum atomic E-state index is 12.4. The Kier molecular flexibility index (Phi) is 6.57. The molecule has 5 nitrogen and oxygen atoms in total. The zero-order valence-electron chi connectivity index (χ0n) is 15.1. The molecule has 1 N–H and O–H groups in total. The van der Waals surface area contributed by atoms with E-state index in [9.17, 15) is 4.79 Å². The lowest BCUT2D eigenvalue weighted by atomic mass is 9.95. The monoisotopic (exact) mass is 378 g/mol. The smallest absolute Gasteiger partial charge is 0.338 e. The van der Waals surface area contributed by atoms with Crippen LogP contribution in [0.4, 0.5) is 0 Å². The third-order valence-electron chi connectivity index (χ3n) is 5.29. The summed E-state index contributed by atoms with van der Waals surface area (Å²) >= 11 is 0. The maximum Gasteiger partial charge on any atom is 0.338 e. The molecule has 1 saturated heterocycles. The largest absolute Gasteiger partial charge is 0.462 e. The van der Waals surface area contributed by atoms with Crippen LogP contribution in [0.3, 0.4) is 0 Å². The summed E-state index contributed by atoms with van der Waals surface area (Å²) in [6.45, 7) is 4.99. The molecule has 6 heteroatoms. The summed E-state index contributed by atoms with van der Waals surface area (Å²) in [7, 11) is 0. The van der Waals surface area contributed by atoms with Crippen molar-refractivity contribution in [2.75, 3.05) is 39.5 Å². The first kappa shape index (κ1) is 19.2. The Morgan fingerprint density at radius 1 is 1.19 bits per heavy atom. The Bertz CT molecular complexity index is 753. The quantitative estimate of drug-likeness (QED) is 0.640. The predicted octanol–water partition coefficient (Wildman–Crippen LogP) is 3.35. The van der Waals surface area contributed by atoms with Crippen LogP contribution in [0.15, 0.2) is 18.2 Å². The molecule has 1 aliphatic heterocycles. The molecule has 2 heterocycles. The Labute approximate surface area is 160 Å². The molecule has 0 bridgehead atoms. The van der Waals surface area contributed by atoms with E-state index in [4.69, 9.17) is 9.47 Å². The zero-order chi connectivity index (χ0) is 17.1. The number of fused-ring (bicyclic) bond motifs is 3. The molecule has 0 unspecified atom stereocenters. The summed E-state index contributed by atoms with van der Waals surface area (Å²) < 4.78 is 10.8. The number of H-pyrrole nitrogens is 1. The molecule has 0 amide bonds. The van der Waals surface area contributed by atoms with Gasteiger partial charge in [-0.3, -0.25) is 4.90 Å². The van der Waals surface area contributed by atoms with Crippen LogP contribution >= 0.6 is 12.4 Å². The van der Waals surface area contributed by atoms with Crippen LogP contribution < -0.4 is 0 Å². The highest BCUT2D eigenvalue weighted by Crippen LogP contribution is 2.29. The molecule has 1 aromatic carbocycles. The number of carbonyl (C=O) groups is 1. The topological polar surface area (TPSA) is 54.6 Å². The van der Waals surface area contributed by atoms with Crippen LogP contribution in [0, 0.1) is 0 Å². The van der Waals surface area contributed by atoms with Gasteiger partial charge in [0.2, 0.25) is 0 Å². The number of nitrogens with zero attached hydrogens (tertiary/aromatic N) is 1. The molecule has 1 fully saturated rings. The van der Waals surface area contributed by atoms with E-state index in [0.29, 0.717) is 12.2 Å². The van der Waals surface area contributed by atoms with Crippen molar-refractivity contribution < 1.29 is 14.3 Å². The van der Waals surface area contributed by atoms with Crippen molar-refractivity contribution in [3.8, 4) is 0 Å². The number of carbonyl (C=O) groups excluding carboxylic acids is 1. The lowest BCUT2D eigenvalue weighted by Crippen LogP contribution is -2.37. The number of aryl methyl sites for hydroxylation is 2. The molecule has 142 valence electrons. The average molecular weight is 379 g/mol. The highest BCUT2D eigenvalue weighted by Gasteiger charge is 2.17. The fourth-order valence-electron chi connectivity index (χ4n) is 3.89. The van der Waals surface area contributed by atoms with Crippen molar-refractivity contribution >= 4 is 29.3 Å². The summed E-state index contributed by atoms with van der Waals surface area (Å²) in [5, 5.41) is 1.19. The number of hydrogen-bond acceptors (Lipinski definition) is 4. The second-order valence-electron chi connectivity index (χ2n) is 6.99. The second kappa shape index (κ2) is 8.89. The first-order chi connectivity index (χ1) is 12.3. The third kappa shape index (κ3) is 4.22. The van der Waals surface area contributed by atoms with Gasteiger partial charge in [0.05, 0.1) is 25.4 Å². The van der Waals surface area contributed by atoms with Crippen molar-refractivity contribution in [1.29, 1.82) is 0 Å². The van der Waals surface area contributed by atoms with E-state index in [1.165, 1.54) is 29.5 Å². The Balaban J connectivity index is 0.00000196. The summed E-state index contributed by atoms with van der Waals surface area (Å²) in [4.78, 5) is 18.2. The Hall–Kier alpha value is -1.56. The van der Waals surface area contributed by atoms with Crippen molar-refractivity contribution in [2.45, 2.75) is 32.1 Å². The minimum Gasteiger partial charge on any atom is -0.462 e. The van der Waals surface area contributed by atoms with Crippen LogP contribution in [0.25, 0.3) is 10.9 Å². The van der Waals surface area contributed by atoms with Crippen molar-refractivity contribution in [3.63, 3.8) is 0 Å². The SMILES string of the molecule is Cl.O=C(OCCCN1CCOCC1)c1ccc2[nH]c3c(c2c1)CCCC3. The van der Waals surface area contributed by atoms with Crippen molar-refractivity contribution in [2.24, 2.45) is 0 Å². The van der Waals surface area contributed by atoms with Crippen molar-refractivity contribution in [3.05, 3.63) is 35.0 Å². The van der Waals surface area contributed by atoms with Gasteiger partial charge in [0.1, 0.15) is 0 Å². The van der Waals surface area contributed by atoms with Gasteiger partial charge in [-0.25, -0.2) is 4.79 Å². The number of esters is 1.